The summed E-state index contributed by atoms with van der Waals surface area (Å²) in [5, 5.41) is 0. The molecular formula is C12H17N3O2. The van der Waals surface area contributed by atoms with Crippen molar-refractivity contribution in [3.8, 4) is 0 Å². The van der Waals surface area contributed by atoms with Gasteiger partial charge in [-0.15, -0.1) is 0 Å². The first-order chi connectivity index (χ1) is 8.22. The second kappa shape index (κ2) is 7.40. The Labute approximate surface area is 100 Å². The lowest BCUT2D eigenvalue weighted by molar-refractivity contribution is -0.128. The number of hydrogen-bond donors (Lipinski definition) is 3. The third-order valence-electron chi connectivity index (χ3n) is 2.20. The van der Waals surface area contributed by atoms with Crippen molar-refractivity contribution in [2.24, 2.45) is 5.73 Å². The number of nitrogens with two attached hydrogens (primary N) is 1. The summed E-state index contributed by atoms with van der Waals surface area (Å²) in [6.45, 7) is 0.270. The van der Waals surface area contributed by atoms with Gasteiger partial charge in [-0.3, -0.25) is 20.4 Å². The molecule has 0 radical (unpaired) electrons. The molecule has 17 heavy (non-hydrogen) atoms. The first-order valence-corrected chi connectivity index (χ1v) is 5.54. The van der Waals surface area contributed by atoms with Crippen molar-refractivity contribution in [2.45, 2.75) is 19.3 Å². The van der Waals surface area contributed by atoms with Gasteiger partial charge in [0, 0.05) is 19.4 Å². The Bertz CT molecular complexity index is 365. The maximum Gasteiger partial charge on any atom is 0.239 e. The molecule has 1 aromatic rings. The van der Waals surface area contributed by atoms with Crippen molar-refractivity contribution in [1.29, 1.82) is 0 Å². The van der Waals surface area contributed by atoms with Crippen LogP contribution in [0.5, 0.6) is 0 Å². The van der Waals surface area contributed by atoms with Crippen molar-refractivity contribution in [3.05, 3.63) is 35.9 Å². The molecule has 2 amide bonds. The van der Waals surface area contributed by atoms with Crippen molar-refractivity contribution >= 4 is 11.8 Å². The lowest BCUT2D eigenvalue weighted by atomic mass is 10.1. The minimum atomic E-state index is -0.277. The number of aryl methyl sites for hydroxylation is 1. The molecule has 0 fully saturated rings. The highest BCUT2D eigenvalue weighted by molar-refractivity contribution is 5.82. The molecule has 0 unspecified atom stereocenters. The van der Waals surface area contributed by atoms with E-state index in [1.807, 2.05) is 30.3 Å². The maximum atomic E-state index is 11.4. The van der Waals surface area contributed by atoms with E-state index < -0.39 is 0 Å². The monoisotopic (exact) mass is 235 g/mol. The number of nitrogens with one attached hydrogen (secondary N) is 2. The van der Waals surface area contributed by atoms with Crippen LogP contribution >= 0.6 is 0 Å². The topological polar surface area (TPSA) is 84.2 Å². The summed E-state index contributed by atoms with van der Waals surface area (Å²) in [5.74, 6) is -0.486. The molecule has 5 heteroatoms. The molecule has 0 aliphatic rings. The zero-order valence-electron chi connectivity index (χ0n) is 9.61. The SMILES string of the molecule is NCCC(=O)NNC(=O)CCc1ccccc1. The molecule has 0 heterocycles. The van der Waals surface area contributed by atoms with Gasteiger partial charge in [0.2, 0.25) is 11.8 Å². The van der Waals surface area contributed by atoms with Crippen LogP contribution in [0.2, 0.25) is 0 Å². The summed E-state index contributed by atoms with van der Waals surface area (Å²) in [5.41, 5.74) is 10.9. The van der Waals surface area contributed by atoms with Gasteiger partial charge in [-0.1, -0.05) is 30.3 Å². The van der Waals surface area contributed by atoms with Gasteiger partial charge < -0.3 is 5.73 Å². The molecule has 92 valence electrons. The molecule has 0 saturated carbocycles. The summed E-state index contributed by atoms with van der Waals surface area (Å²) >= 11 is 0. The first-order valence-electron chi connectivity index (χ1n) is 5.54. The van der Waals surface area contributed by atoms with Gasteiger partial charge in [0.15, 0.2) is 0 Å². The highest BCUT2D eigenvalue weighted by atomic mass is 16.2. The van der Waals surface area contributed by atoms with E-state index in [0.717, 1.165) is 5.56 Å². The Kier molecular flexibility index (Phi) is 5.74. The predicted molar refractivity (Wildman–Crippen MR) is 64.7 cm³/mol. The highest BCUT2D eigenvalue weighted by Gasteiger charge is 2.03. The Morgan fingerprint density at radius 3 is 2.18 bits per heavy atom. The summed E-state index contributed by atoms with van der Waals surface area (Å²) in [7, 11) is 0. The van der Waals surface area contributed by atoms with Crippen LogP contribution in [0.4, 0.5) is 0 Å². The van der Waals surface area contributed by atoms with E-state index in [1.165, 1.54) is 0 Å². The molecular weight excluding hydrogens is 218 g/mol. The molecule has 0 aromatic heterocycles. The summed E-state index contributed by atoms with van der Waals surface area (Å²) in [6, 6.07) is 9.70. The average Bonchev–Trinajstić information content (AvgIpc) is 2.35. The van der Waals surface area contributed by atoms with Gasteiger partial charge in [-0.25, -0.2) is 0 Å². The number of hydrazine groups is 1. The Morgan fingerprint density at radius 2 is 1.59 bits per heavy atom. The number of rotatable bonds is 5. The average molecular weight is 235 g/mol. The zero-order chi connectivity index (χ0) is 12.5. The van der Waals surface area contributed by atoms with Gasteiger partial charge in [-0.05, 0) is 12.0 Å². The molecule has 5 nitrogen and oxygen atoms in total. The van der Waals surface area contributed by atoms with Crippen LogP contribution in [-0.2, 0) is 16.0 Å². The third kappa shape index (κ3) is 5.67. The zero-order valence-corrected chi connectivity index (χ0v) is 9.61. The van der Waals surface area contributed by atoms with E-state index in [2.05, 4.69) is 10.9 Å². The van der Waals surface area contributed by atoms with E-state index in [9.17, 15) is 9.59 Å². The summed E-state index contributed by atoms with van der Waals surface area (Å²) in [4.78, 5) is 22.4. The van der Waals surface area contributed by atoms with E-state index in [4.69, 9.17) is 5.73 Å². The van der Waals surface area contributed by atoms with Crippen LogP contribution in [0.15, 0.2) is 30.3 Å². The molecule has 1 rings (SSSR count). The van der Waals surface area contributed by atoms with Crippen molar-refractivity contribution < 1.29 is 9.59 Å². The van der Waals surface area contributed by atoms with Crippen LogP contribution in [0.25, 0.3) is 0 Å². The number of carbonyl (C=O) groups is 2. The molecule has 0 saturated heterocycles. The minimum absolute atomic E-state index is 0.207. The predicted octanol–water partition coefficient (Wildman–Crippen LogP) is 0.115. The van der Waals surface area contributed by atoms with Crippen LogP contribution in [0, 0.1) is 0 Å². The van der Waals surface area contributed by atoms with Gasteiger partial charge in [0.05, 0.1) is 0 Å². The second-order valence-electron chi connectivity index (χ2n) is 3.62. The van der Waals surface area contributed by atoms with Crippen LogP contribution in [0.3, 0.4) is 0 Å². The van der Waals surface area contributed by atoms with Gasteiger partial charge in [0.25, 0.3) is 0 Å². The standard InChI is InChI=1S/C12H17N3O2/c13-9-8-12(17)15-14-11(16)7-6-10-4-2-1-3-5-10/h1-5H,6-9,13H2,(H,14,16)(H,15,17). The number of carbonyl (C=O) groups excluding carboxylic acids is 2. The van der Waals surface area contributed by atoms with Gasteiger partial charge in [0.1, 0.15) is 0 Å². The normalized spacial score (nSPS) is 9.71. The van der Waals surface area contributed by atoms with Crippen LogP contribution < -0.4 is 16.6 Å². The highest BCUT2D eigenvalue weighted by Crippen LogP contribution is 2.01. The molecule has 0 atom stereocenters. The molecule has 0 bridgehead atoms. The van der Waals surface area contributed by atoms with Gasteiger partial charge >= 0.3 is 0 Å². The Morgan fingerprint density at radius 1 is 1.00 bits per heavy atom. The number of benzene rings is 1. The molecule has 4 N–H and O–H groups in total. The van der Waals surface area contributed by atoms with E-state index >= 15 is 0 Å². The van der Waals surface area contributed by atoms with E-state index in [0.29, 0.717) is 12.8 Å². The second-order valence-corrected chi connectivity index (χ2v) is 3.62. The fourth-order valence-corrected chi connectivity index (χ4v) is 1.30. The number of amides is 2. The molecule has 1 aromatic carbocycles. The lowest BCUT2D eigenvalue weighted by Crippen LogP contribution is -2.42. The molecule has 0 aliphatic heterocycles. The quantitative estimate of drug-likeness (QED) is 0.634. The third-order valence-corrected chi connectivity index (χ3v) is 2.20. The van der Waals surface area contributed by atoms with Crippen molar-refractivity contribution in [3.63, 3.8) is 0 Å². The smallest absolute Gasteiger partial charge is 0.239 e. The lowest BCUT2D eigenvalue weighted by Gasteiger charge is -2.06. The first kappa shape index (κ1) is 13.2. The van der Waals surface area contributed by atoms with Crippen molar-refractivity contribution in [2.75, 3.05) is 6.54 Å². The van der Waals surface area contributed by atoms with Crippen LogP contribution in [0.1, 0.15) is 18.4 Å². The molecule has 0 spiro atoms. The van der Waals surface area contributed by atoms with E-state index in [-0.39, 0.29) is 24.8 Å². The summed E-state index contributed by atoms with van der Waals surface area (Å²) in [6.07, 6.45) is 1.20. The largest absolute Gasteiger partial charge is 0.330 e. The Hall–Kier alpha value is -1.88. The van der Waals surface area contributed by atoms with Crippen LogP contribution in [-0.4, -0.2) is 18.4 Å². The van der Waals surface area contributed by atoms with Crippen molar-refractivity contribution in [1.82, 2.24) is 10.9 Å². The minimum Gasteiger partial charge on any atom is -0.330 e. The maximum absolute atomic E-state index is 11.4. The summed E-state index contributed by atoms with van der Waals surface area (Å²) < 4.78 is 0. The van der Waals surface area contributed by atoms with Gasteiger partial charge in [-0.2, -0.15) is 0 Å². The molecule has 0 aliphatic carbocycles. The fraction of sp³-hybridized carbons (Fsp3) is 0.333. The number of hydrogen-bond acceptors (Lipinski definition) is 3. The fourth-order valence-electron chi connectivity index (χ4n) is 1.30. The van der Waals surface area contributed by atoms with E-state index in [1.54, 1.807) is 0 Å². The Balaban J connectivity index is 2.20.